The van der Waals surface area contributed by atoms with Gasteiger partial charge in [0.25, 0.3) is 0 Å². The Bertz CT molecular complexity index is 807. The minimum absolute atomic E-state index is 0.0160. The summed E-state index contributed by atoms with van der Waals surface area (Å²) < 4.78 is 0. The van der Waals surface area contributed by atoms with E-state index in [2.05, 4.69) is 21.3 Å². The van der Waals surface area contributed by atoms with E-state index in [1.807, 2.05) is 30.3 Å². The zero-order valence-corrected chi connectivity index (χ0v) is 18.7. The number of carbonyl (C=O) groups excluding carboxylic acids is 4. The second-order valence-corrected chi connectivity index (χ2v) is 7.97. The average Bonchev–Trinajstić information content (AvgIpc) is 2.73. The van der Waals surface area contributed by atoms with Crippen LogP contribution in [0.4, 0.5) is 0 Å². The zero-order chi connectivity index (χ0) is 24.1. The topological polar surface area (TPSA) is 180 Å². The van der Waals surface area contributed by atoms with Crippen LogP contribution in [0.2, 0.25) is 0 Å². The highest BCUT2D eigenvalue weighted by atomic mass is 32.2. The zero-order valence-electron chi connectivity index (χ0n) is 17.9. The van der Waals surface area contributed by atoms with Crippen LogP contribution in [0.3, 0.4) is 0 Å². The number of hydrogen-bond donors (Lipinski definition) is 6. The third-order valence-electron chi connectivity index (χ3n) is 4.13. The molecule has 0 aliphatic heterocycles. The molecule has 0 heterocycles. The molecule has 0 bridgehead atoms. The normalized spacial score (nSPS) is 13.2. The standard InChI is InChI=1S/C20H29N5O6S/c1-12(26)23-11-32-10-17(20(30)31)25-18(28)15(21)9-22-19(29)16(24-13(2)27)8-14-6-4-3-5-7-14/h3-7,15-17H,8-11,21H2,1-2H3,(H,22,29)(H,23,26)(H,24,27)(H,25,28)(H,30,31)/t15-,16-,17-/m0/s1. The van der Waals surface area contributed by atoms with Crippen molar-refractivity contribution in [2.24, 2.45) is 5.73 Å². The number of aliphatic carboxylic acids is 1. The molecule has 1 aromatic rings. The van der Waals surface area contributed by atoms with Gasteiger partial charge in [0.2, 0.25) is 23.6 Å². The first-order valence-corrected chi connectivity index (χ1v) is 10.9. The third kappa shape index (κ3) is 10.8. The lowest BCUT2D eigenvalue weighted by molar-refractivity contribution is -0.141. The molecule has 32 heavy (non-hydrogen) atoms. The number of carboxylic acid groups (broad SMARTS) is 1. The molecule has 11 nitrogen and oxygen atoms in total. The van der Waals surface area contributed by atoms with Crippen LogP contribution >= 0.6 is 11.8 Å². The first-order valence-electron chi connectivity index (χ1n) is 9.79. The second kappa shape index (κ2) is 14.0. The van der Waals surface area contributed by atoms with E-state index in [0.29, 0.717) is 0 Å². The van der Waals surface area contributed by atoms with Gasteiger partial charge in [-0.05, 0) is 5.56 Å². The van der Waals surface area contributed by atoms with Crippen molar-refractivity contribution in [3.05, 3.63) is 35.9 Å². The van der Waals surface area contributed by atoms with Gasteiger partial charge in [-0.25, -0.2) is 4.79 Å². The van der Waals surface area contributed by atoms with Crippen molar-refractivity contribution in [1.29, 1.82) is 0 Å². The van der Waals surface area contributed by atoms with E-state index < -0.39 is 35.9 Å². The summed E-state index contributed by atoms with van der Waals surface area (Å²) in [7, 11) is 0. The maximum atomic E-state index is 12.5. The number of rotatable bonds is 13. The minimum atomic E-state index is -1.25. The maximum absolute atomic E-state index is 12.5. The summed E-state index contributed by atoms with van der Waals surface area (Å²) in [6.45, 7) is 2.38. The van der Waals surface area contributed by atoms with Crippen molar-refractivity contribution >= 4 is 41.4 Å². The van der Waals surface area contributed by atoms with Gasteiger partial charge in [-0.15, -0.1) is 11.8 Å². The summed E-state index contributed by atoms with van der Waals surface area (Å²) in [5, 5.41) is 19.2. The number of carbonyl (C=O) groups is 5. The molecule has 0 aromatic heterocycles. The molecule has 1 aromatic carbocycles. The van der Waals surface area contributed by atoms with Crippen molar-refractivity contribution in [1.82, 2.24) is 21.3 Å². The van der Waals surface area contributed by atoms with Crippen molar-refractivity contribution in [2.75, 3.05) is 18.2 Å². The van der Waals surface area contributed by atoms with Crippen molar-refractivity contribution in [3.63, 3.8) is 0 Å². The van der Waals surface area contributed by atoms with Crippen LogP contribution in [-0.4, -0.2) is 71.0 Å². The summed E-state index contributed by atoms with van der Waals surface area (Å²) in [6, 6.07) is 5.81. The van der Waals surface area contributed by atoms with Crippen LogP contribution in [0.5, 0.6) is 0 Å². The van der Waals surface area contributed by atoms with E-state index in [0.717, 1.165) is 17.3 Å². The molecule has 0 aliphatic carbocycles. The van der Waals surface area contributed by atoms with Crippen molar-refractivity contribution in [2.45, 2.75) is 38.4 Å². The first-order chi connectivity index (χ1) is 15.1. The van der Waals surface area contributed by atoms with E-state index in [-0.39, 0.29) is 36.4 Å². The number of amides is 4. The molecule has 0 saturated heterocycles. The van der Waals surface area contributed by atoms with E-state index in [1.54, 1.807) is 0 Å². The van der Waals surface area contributed by atoms with Gasteiger partial charge in [0.15, 0.2) is 0 Å². The lowest BCUT2D eigenvalue weighted by Crippen LogP contribution is -2.55. The van der Waals surface area contributed by atoms with Crippen molar-refractivity contribution in [3.8, 4) is 0 Å². The Kier molecular flexibility index (Phi) is 11.8. The molecule has 0 aliphatic rings. The Balaban J connectivity index is 2.58. The summed E-state index contributed by atoms with van der Waals surface area (Å²) in [6.07, 6.45) is 0.250. The Labute approximate surface area is 190 Å². The molecule has 1 rings (SSSR count). The lowest BCUT2D eigenvalue weighted by atomic mass is 10.1. The third-order valence-corrected chi connectivity index (χ3v) is 5.05. The largest absolute Gasteiger partial charge is 0.480 e. The Hall–Kier alpha value is -3.12. The SMILES string of the molecule is CC(=O)NCSC[C@H](NC(=O)[C@@H](N)CNC(=O)[C@H](Cc1ccccc1)NC(C)=O)C(=O)O. The number of nitrogens with one attached hydrogen (secondary N) is 4. The number of nitrogens with two attached hydrogens (primary N) is 1. The van der Waals surface area contributed by atoms with E-state index in [1.165, 1.54) is 13.8 Å². The van der Waals surface area contributed by atoms with E-state index >= 15 is 0 Å². The molecule has 12 heteroatoms. The van der Waals surface area contributed by atoms with Crippen LogP contribution < -0.4 is 27.0 Å². The molecule has 0 fully saturated rings. The molecule has 3 atom stereocenters. The van der Waals surface area contributed by atoms with Gasteiger partial charge in [0, 0.05) is 32.6 Å². The van der Waals surface area contributed by atoms with Gasteiger partial charge in [0.1, 0.15) is 18.1 Å². The van der Waals surface area contributed by atoms with Gasteiger partial charge < -0.3 is 32.1 Å². The minimum Gasteiger partial charge on any atom is -0.480 e. The Morgan fingerprint density at radius 3 is 2.16 bits per heavy atom. The van der Waals surface area contributed by atoms with Crippen LogP contribution in [-0.2, 0) is 30.4 Å². The Morgan fingerprint density at radius 2 is 1.59 bits per heavy atom. The summed E-state index contributed by atoms with van der Waals surface area (Å²) in [4.78, 5) is 58.4. The lowest BCUT2D eigenvalue weighted by Gasteiger charge is -2.20. The molecular formula is C20H29N5O6S. The van der Waals surface area contributed by atoms with E-state index in [4.69, 9.17) is 5.73 Å². The molecule has 0 unspecified atom stereocenters. The predicted molar refractivity (Wildman–Crippen MR) is 119 cm³/mol. The van der Waals surface area contributed by atoms with Gasteiger partial charge in [-0.2, -0.15) is 0 Å². The molecule has 0 radical (unpaired) electrons. The average molecular weight is 468 g/mol. The molecule has 7 N–H and O–H groups in total. The molecule has 176 valence electrons. The first kappa shape index (κ1) is 26.9. The number of benzene rings is 1. The molecular weight excluding hydrogens is 438 g/mol. The summed E-state index contributed by atoms with van der Waals surface area (Å²) in [5.41, 5.74) is 6.63. The van der Waals surface area contributed by atoms with Crippen molar-refractivity contribution < 1.29 is 29.1 Å². The van der Waals surface area contributed by atoms with Gasteiger partial charge in [0.05, 0.1) is 5.88 Å². The molecule has 0 saturated carbocycles. The monoisotopic (exact) mass is 467 g/mol. The fraction of sp³-hybridized carbons (Fsp3) is 0.450. The smallest absolute Gasteiger partial charge is 0.327 e. The highest BCUT2D eigenvalue weighted by Crippen LogP contribution is 2.04. The predicted octanol–water partition coefficient (Wildman–Crippen LogP) is -1.43. The maximum Gasteiger partial charge on any atom is 0.327 e. The molecule has 0 spiro atoms. The van der Waals surface area contributed by atoms with E-state index in [9.17, 15) is 29.1 Å². The number of carboxylic acids is 1. The van der Waals surface area contributed by atoms with Crippen LogP contribution in [0, 0.1) is 0 Å². The number of thioether (sulfide) groups is 1. The Morgan fingerprint density at radius 1 is 0.938 bits per heavy atom. The summed E-state index contributed by atoms with van der Waals surface area (Å²) >= 11 is 1.12. The summed E-state index contributed by atoms with van der Waals surface area (Å²) in [5.74, 6) is -2.95. The fourth-order valence-electron chi connectivity index (χ4n) is 2.51. The highest BCUT2D eigenvalue weighted by Gasteiger charge is 2.25. The van der Waals surface area contributed by atoms with Gasteiger partial charge in [-0.1, -0.05) is 30.3 Å². The number of hydrogen-bond acceptors (Lipinski definition) is 7. The van der Waals surface area contributed by atoms with Crippen LogP contribution in [0.25, 0.3) is 0 Å². The quantitative estimate of drug-likeness (QED) is 0.151. The van der Waals surface area contributed by atoms with Crippen LogP contribution in [0.1, 0.15) is 19.4 Å². The highest BCUT2D eigenvalue weighted by molar-refractivity contribution is 7.99. The van der Waals surface area contributed by atoms with Crippen LogP contribution in [0.15, 0.2) is 30.3 Å². The fourth-order valence-corrected chi connectivity index (χ4v) is 3.40. The van der Waals surface area contributed by atoms with Gasteiger partial charge >= 0.3 is 5.97 Å². The molecule has 4 amide bonds. The van der Waals surface area contributed by atoms with Gasteiger partial charge in [-0.3, -0.25) is 19.2 Å². The second-order valence-electron chi connectivity index (χ2n) is 6.94.